The van der Waals surface area contributed by atoms with Gasteiger partial charge in [-0.3, -0.25) is 4.72 Å². The molecule has 0 fully saturated rings. The SMILES string of the molecule is C=CCSc1nnc(NS(=O)(=O)Cc2ccccc2Cl)s1. The predicted molar refractivity (Wildman–Crippen MR) is 88.5 cm³/mol. The number of benzene rings is 1. The van der Waals surface area contributed by atoms with Gasteiger partial charge in [0.25, 0.3) is 0 Å². The number of sulfonamides is 1. The third kappa shape index (κ3) is 4.99. The topological polar surface area (TPSA) is 72.0 Å². The fraction of sp³-hybridized carbons (Fsp3) is 0.167. The molecule has 0 amide bonds. The summed E-state index contributed by atoms with van der Waals surface area (Å²) < 4.78 is 27.3. The van der Waals surface area contributed by atoms with Crippen LogP contribution in [-0.4, -0.2) is 24.4 Å². The number of nitrogens with one attached hydrogen (secondary N) is 1. The van der Waals surface area contributed by atoms with Crippen molar-refractivity contribution in [3.63, 3.8) is 0 Å². The monoisotopic (exact) mass is 361 g/mol. The fourth-order valence-corrected chi connectivity index (χ4v) is 4.66. The highest BCUT2D eigenvalue weighted by molar-refractivity contribution is 8.01. The maximum absolute atomic E-state index is 12.1. The van der Waals surface area contributed by atoms with Gasteiger partial charge in [0.15, 0.2) is 4.34 Å². The summed E-state index contributed by atoms with van der Waals surface area (Å²) >= 11 is 8.59. The number of hydrogen-bond acceptors (Lipinski definition) is 6. The minimum atomic E-state index is -3.57. The molecule has 112 valence electrons. The minimum Gasteiger partial charge on any atom is -0.257 e. The van der Waals surface area contributed by atoms with Gasteiger partial charge in [-0.1, -0.05) is 59.0 Å². The fourth-order valence-electron chi connectivity index (χ4n) is 1.43. The highest BCUT2D eigenvalue weighted by Crippen LogP contribution is 2.26. The number of nitrogens with zero attached hydrogens (tertiary/aromatic N) is 2. The molecule has 0 bridgehead atoms. The second kappa shape index (κ2) is 7.26. The first-order chi connectivity index (χ1) is 10.00. The van der Waals surface area contributed by atoms with Crippen molar-refractivity contribution >= 4 is 49.9 Å². The molecular weight excluding hydrogens is 350 g/mol. The smallest absolute Gasteiger partial charge is 0.238 e. The van der Waals surface area contributed by atoms with E-state index in [1.807, 2.05) is 0 Å². The van der Waals surface area contributed by atoms with Crippen LogP contribution >= 0.6 is 34.7 Å². The number of thioether (sulfide) groups is 1. The van der Waals surface area contributed by atoms with Gasteiger partial charge in [0, 0.05) is 10.8 Å². The molecule has 2 rings (SSSR count). The Kier molecular flexibility index (Phi) is 5.63. The second-order valence-electron chi connectivity index (χ2n) is 3.93. The number of halogens is 1. The lowest BCUT2D eigenvalue weighted by Gasteiger charge is -2.06. The van der Waals surface area contributed by atoms with Crippen LogP contribution in [0, 0.1) is 0 Å². The zero-order chi connectivity index (χ0) is 15.3. The molecular formula is C12H12ClN3O2S3. The summed E-state index contributed by atoms with van der Waals surface area (Å²) in [6.45, 7) is 3.61. The van der Waals surface area contributed by atoms with Gasteiger partial charge in [0.2, 0.25) is 15.2 Å². The lowest BCUT2D eigenvalue weighted by molar-refractivity contribution is 0.600. The van der Waals surface area contributed by atoms with E-state index in [-0.39, 0.29) is 10.9 Å². The number of hydrogen-bond donors (Lipinski definition) is 1. The molecule has 2 aromatic rings. The minimum absolute atomic E-state index is 0.207. The maximum atomic E-state index is 12.1. The van der Waals surface area contributed by atoms with Crippen molar-refractivity contribution in [3.8, 4) is 0 Å². The molecule has 0 saturated carbocycles. The first kappa shape index (κ1) is 16.3. The third-order valence-corrected chi connectivity index (χ3v) is 5.94. The third-order valence-electron chi connectivity index (χ3n) is 2.28. The van der Waals surface area contributed by atoms with Crippen molar-refractivity contribution in [1.29, 1.82) is 0 Å². The average Bonchev–Trinajstić information content (AvgIpc) is 2.85. The molecule has 0 aliphatic carbocycles. The molecule has 0 aliphatic heterocycles. The molecule has 5 nitrogen and oxygen atoms in total. The zero-order valence-electron chi connectivity index (χ0n) is 10.8. The number of anilines is 1. The first-order valence-electron chi connectivity index (χ1n) is 5.81. The lowest BCUT2D eigenvalue weighted by Crippen LogP contribution is -2.15. The summed E-state index contributed by atoms with van der Waals surface area (Å²) in [4.78, 5) is 0. The van der Waals surface area contributed by atoms with Crippen LogP contribution in [0.15, 0.2) is 41.3 Å². The molecule has 21 heavy (non-hydrogen) atoms. The van der Waals surface area contributed by atoms with Gasteiger partial charge < -0.3 is 0 Å². The van der Waals surface area contributed by atoms with Crippen molar-refractivity contribution in [1.82, 2.24) is 10.2 Å². The van der Waals surface area contributed by atoms with Crippen molar-refractivity contribution < 1.29 is 8.42 Å². The Bertz CT molecular complexity index is 731. The van der Waals surface area contributed by atoms with Crippen LogP contribution < -0.4 is 4.72 Å². The molecule has 1 aromatic carbocycles. The van der Waals surface area contributed by atoms with E-state index in [1.165, 1.54) is 23.1 Å². The number of rotatable bonds is 7. The first-order valence-corrected chi connectivity index (χ1v) is 9.64. The van der Waals surface area contributed by atoms with Crippen LogP contribution in [0.3, 0.4) is 0 Å². The summed E-state index contributed by atoms with van der Waals surface area (Å²) in [5, 5.41) is 8.36. The number of aromatic nitrogens is 2. The molecule has 0 radical (unpaired) electrons. The van der Waals surface area contributed by atoms with Gasteiger partial charge in [0.1, 0.15) is 0 Å². The Hall–Kier alpha value is -1.09. The van der Waals surface area contributed by atoms with Crippen LogP contribution in [0.2, 0.25) is 5.02 Å². The van der Waals surface area contributed by atoms with Crippen molar-refractivity contribution in [2.24, 2.45) is 0 Å². The molecule has 1 aromatic heterocycles. The van der Waals surface area contributed by atoms with Crippen molar-refractivity contribution in [2.75, 3.05) is 10.5 Å². The van der Waals surface area contributed by atoms with Gasteiger partial charge >= 0.3 is 0 Å². The average molecular weight is 362 g/mol. The van der Waals surface area contributed by atoms with Gasteiger partial charge in [-0.15, -0.1) is 16.8 Å². The second-order valence-corrected chi connectivity index (χ2v) is 8.30. The normalized spacial score (nSPS) is 11.3. The Morgan fingerprint density at radius 3 is 2.86 bits per heavy atom. The summed E-state index contributed by atoms with van der Waals surface area (Å²) in [7, 11) is -3.57. The van der Waals surface area contributed by atoms with Gasteiger partial charge in [-0.05, 0) is 11.6 Å². The standard InChI is InChI=1S/C12H12ClN3O2S3/c1-2-7-19-12-15-14-11(20-12)16-21(17,18)8-9-5-3-4-6-10(9)13/h2-6H,1,7-8H2,(H,14,16). The molecule has 0 saturated heterocycles. The van der Waals surface area contributed by atoms with Crippen LogP contribution in [0.25, 0.3) is 0 Å². The highest BCUT2D eigenvalue weighted by atomic mass is 35.5. The molecule has 0 aliphatic rings. The van der Waals surface area contributed by atoms with E-state index in [0.29, 0.717) is 20.7 Å². The van der Waals surface area contributed by atoms with E-state index in [9.17, 15) is 8.42 Å². The van der Waals surface area contributed by atoms with E-state index < -0.39 is 10.0 Å². The van der Waals surface area contributed by atoms with E-state index in [0.717, 1.165) is 0 Å². The van der Waals surface area contributed by atoms with Crippen LogP contribution in [0.1, 0.15) is 5.56 Å². The van der Waals surface area contributed by atoms with Crippen LogP contribution in [-0.2, 0) is 15.8 Å². The van der Waals surface area contributed by atoms with E-state index >= 15 is 0 Å². The summed E-state index contributed by atoms with van der Waals surface area (Å²) in [5.41, 5.74) is 0.539. The van der Waals surface area contributed by atoms with Gasteiger partial charge in [-0.2, -0.15) is 0 Å². The van der Waals surface area contributed by atoms with Crippen LogP contribution in [0.5, 0.6) is 0 Å². The quantitative estimate of drug-likeness (QED) is 0.604. The van der Waals surface area contributed by atoms with E-state index in [4.69, 9.17) is 11.6 Å². The van der Waals surface area contributed by atoms with Gasteiger partial charge in [-0.25, -0.2) is 8.42 Å². The Balaban J connectivity index is 2.05. The lowest BCUT2D eigenvalue weighted by atomic mass is 10.2. The largest absolute Gasteiger partial charge is 0.257 e. The predicted octanol–water partition coefficient (Wildman–Crippen LogP) is 3.41. The van der Waals surface area contributed by atoms with E-state index in [2.05, 4.69) is 21.5 Å². The molecule has 0 unspecified atom stereocenters. The molecule has 0 spiro atoms. The Morgan fingerprint density at radius 2 is 2.14 bits per heavy atom. The van der Waals surface area contributed by atoms with E-state index in [1.54, 1.807) is 30.3 Å². The van der Waals surface area contributed by atoms with Crippen molar-refractivity contribution in [2.45, 2.75) is 10.1 Å². The summed E-state index contributed by atoms with van der Waals surface area (Å²) in [6.07, 6.45) is 1.74. The van der Waals surface area contributed by atoms with Gasteiger partial charge in [0.05, 0.1) is 5.75 Å². The summed E-state index contributed by atoms with van der Waals surface area (Å²) in [6, 6.07) is 6.82. The Labute approximate surface area is 136 Å². The summed E-state index contributed by atoms with van der Waals surface area (Å²) in [5.74, 6) is 0.488. The zero-order valence-corrected chi connectivity index (χ0v) is 14.0. The molecule has 0 atom stereocenters. The molecule has 9 heteroatoms. The molecule has 1 N–H and O–H groups in total. The van der Waals surface area contributed by atoms with Crippen molar-refractivity contribution in [3.05, 3.63) is 47.5 Å². The Morgan fingerprint density at radius 1 is 1.38 bits per heavy atom. The molecule has 1 heterocycles. The van der Waals surface area contributed by atoms with Crippen LogP contribution in [0.4, 0.5) is 5.13 Å². The maximum Gasteiger partial charge on any atom is 0.238 e. The highest BCUT2D eigenvalue weighted by Gasteiger charge is 2.16.